The van der Waals surface area contributed by atoms with Crippen molar-refractivity contribution in [2.24, 2.45) is 5.92 Å². The molecule has 0 nitrogen and oxygen atoms in total. The first kappa shape index (κ1) is 10.1. The van der Waals surface area contributed by atoms with E-state index in [-0.39, 0.29) is 0 Å². The lowest BCUT2D eigenvalue weighted by atomic mass is 9.96. The number of rotatable bonds is 5. The lowest BCUT2D eigenvalue weighted by molar-refractivity contribution is 0.632. The van der Waals surface area contributed by atoms with E-state index in [0.717, 1.165) is 5.75 Å². The Morgan fingerprint density at radius 3 is 2.40 bits per heavy atom. The van der Waals surface area contributed by atoms with Crippen LogP contribution in [0.2, 0.25) is 0 Å². The molecule has 0 N–H and O–H groups in total. The predicted octanol–water partition coefficient (Wildman–Crippen LogP) is 3.30. The van der Waals surface area contributed by atoms with E-state index in [2.05, 4.69) is 33.1 Å². The fourth-order valence-electron chi connectivity index (χ4n) is 1.07. The van der Waals surface area contributed by atoms with Crippen molar-refractivity contribution in [3.05, 3.63) is 12.2 Å². The number of hydrogen-bond acceptors (Lipinski definition) is 1. The van der Waals surface area contributed by atoms with Crippen LogP contribution >= 0.6 is 12.6 Å². The molecule has 1 unspecified atom stereocenters. The Labute approximate surface area is 70.1 Å². The van der Waals surface area contributed by atoms with Crippen molar-refractivity contribution in [1.29, 1.82) is 0 Å². The molecule has 0 aromatic carbocycles. The molecule has 0 spiro atoms. The topological polar surface area (TPSA) is 0 Å². The zero-order valence-electron chi connectivity index (χ0n) is 7.06. The monoisotopic (exact) mass is 158 g/mol. The van der Waals surface area contributed by atoms with Crippen LogP contribution in [-0.4, -0.2) is 5.75 Å². The molecule has 0 aromatic heterocycles. The van der Waals surface area contributed by atoms with Gasteiger partial charge in [0.1, 0.15) is 0 Å². The molecule has 0 radical (unpaired) electrons. The molecule has 0 aliphatic carbocycles. The molecule has 0 fully saturated rings. The molecule has 1 atom stereocenters. The van der Waals surface area contributed by atoms with E-state index < -0.39 is 0 Å². The van der Waals surface area contributed by atoms with Crippen molar-refractivity contribution in [2.45, 2.75) is 33.1 Å². The van der Waals surface area contributed by atoms with E-state index in [9.17, 15) is 0 Å². The van der Waals surface area contributed by atoms with E-state index in [1.807, 2.05) is 0 Å². The van der Waals surface area contributed by atoms with Gasteiger partial charge in [0.2, 0.25) is 0 Å². The molecular weight excluding hydrogens is 140 g/mol. The lowest BCUT2D eigenvalue weighted by Gasteiger charge is -2.13. The molecule has 0 amide bonds. The molecular formula is C9H18S. The van der Waals surface area contributed by atoms with Crippen molar-refractivity contribution < 1.29 is 0 Å². The van der Waals surface area contributed by atoms with Crippen LogP contribution in [0, 0.1) is 5.92 Å². The minimum absolute atomic E-state index is 0.642. The van der Waals surface area contributed by atoms with E-state index in [0.29, 0.717) is 5.92 Å². The molecule has 0 rings (SSSR count). The maximum atomic E-state index is 4.27. The molecule has 0 aliphatic heterocycles. The van der Waals surface area contributed by atoms with Gasteiger partial charge in [-0.3, -0.25) is 0 Å². The standard InChI is InChI=1S/C9H18S/c1-4-6-8(3)9(5-2)7-10/h9-10H,3-7H2,1-2H3. The lowest BCUT2D eigenvalue weighted by Crippen LogP contribution is -2.03. The minimum atomic E-state index is 0.642. The highest BCUT2D eigenvalue weighted by Gasteiger charge is 2.06. The minimum Gasteiger partial charge on any atom is -0.179 e. The highest BCUT2D eigenvalue weighted by atomic mass is 32.1. The first-order valence-electron chi connectivity index (χ1n) is 4.04. The Balaban J connectivity index is 3.65. The van der Waals surface area contributed by atoms with Crippen molar-refractivity contribution in [3.8, 4) is 0 Å². The van der Waals surface area contributed by atoms with E-state index >= 15 is 0 Å². The van der Waals surface area contributed by atoms with E-state index in [1.165, 1.54) is 24.8 Å². The molecule has 0 bridgehead atoms. The van der Waals surface area contributed by atoms with Gasteiger partial charge in [0.25, 0.3) is 0 Å². The second kappa shape index (κ2) is 5.84. The smallest absolute Gasteiger partial charge is 0.00323 e. The van der Waals surface area contributed by atoms with Crippen LogP contribution in [0.1, 0.15) is 33.1 Å². The molecule has 10 heavy (non-hydrogen) atoms. The van der Waals surface area contributed by atoms with Crippen LogP contribution in [0.3, 0.4) is 0 Å². The van der Waals surface area contributed by atoms with Gasteiger partial charge in [0.15, 0.2) is 0 Å². The van der Waals surface area contributed by atoms with Gasteiger partial charge >= 0.3 is 0 Å². The summed E-state index contributed by atoms with van der Waals surface area (Å²) in [5.74, 6) is 1.60. The average molecular weight is 158 g/mol. The van der Waals surface area contributed by atoms with Gasteiger partial charge in [0, 0.05) is 0 Å². The van der Waals surface area contributed by atoms with Crippen LogP contribution in [-0.2, 0) is 0 Å². The summed E-state index contributed by atoms with van der Waals surface area (Å²) >= 11 is 4.27. The normalized spacial score (nSPS) is 13.1. The van der Waals surface area contributed by atoms with E-state index in [1.54, 1.807) is 0 Å². The third-order valence-corrected chi connectivity index (χ3v) is 2.30. The summed E-state index contributed by atoms with van der Waals surface area (Å²) in [7, 11) is 0. The Hall–Kier alpha value is 0.0900. The van der Waals surface area contributed by atoms with Crippen LogP contribution in [0.5, 0.6) is 0 Å². The van der Waals surface area contributed by atoms with Crippen molar-refractivity contribution >= 4 is 12.6 Å². The van der Waals surface area contributed by atoms with Crippen LogP contribution in [0.4, 0.5) is 0 Å². The molecule has 0 saturated carbocycles. The number of hydrogen-bond donors (Lipinski definition) is 1. The van der Waals surface area contributed by atoms with Crippen molar-refractivity contribution in [2.75, 3.05) is 5.75 Å². The van der Waals surface area contributed by atoms with Gasteiger partial charge in [-0.2, -0.15) is 12.6 Å². The SMILES string of the molecule is C=C(CCC)C(CC)CS. The first-order chi connectivity index (χ1) is 4.76. The fourth-order valence-corrected chi connectivity index (χ4v) is 1.59. The summed E-state index contributed by atoms with van der Waals surface area (Å²) in [4.78, 5) is 0. The Morgan fingerprint density at radius 1 is 1.50 bits per heavy atom. The first-order valence-corrected chi connectivity index (χ1v) is 4.68. The highest BCUT2D eigenvalue weighted by molar-refractivity contribution is 7.80. The maximum absolute atomic E-state index is 4.27. The Kier molecular flexibility index (Phi) is 5.90. The van der Waals surface area contributed by atoms with Gasteiger partial charge in [-0.15, -0.1) is 0 Å². The second-order valence-electron chi connectivity index (χ2n) is 2.70. The fraction of sp³-hybridized carbons (Fsp3) is 0.778. The second-order valence-corrected chi connectivity index (χ2v) is 3.06. The van der Waals surface area contributed by atoms with Crippen molar-refractivity contribution in [1.82, 2.24) is 0 Å². The molecule has 1 heteroatoms. The van der Waals surface area contributed by atoms with Crippen LogP contribution in [0.15, 0.2) is 12.2 Å². The zero-order chi connectivity index (χ0) is 7.98. The number of allylic oxidation sites excluding steroid dienone is 1. The Morgan fingerprint density at radius 2 is 2.10 bits per heavy atom. The molecule has 0 heterocycles. The molecule has 0 aliphatic rings. The quantitative estimate of drug-likeness (QED) is 0.460. The number of thiol groups is 1. The van der Waals surface area contributed by atoms with Gasteiger partial charge in [-0.25, -0.2) is 0 Å². The average Bonchev–Trinajstić information content (AvgIpc) is 1.91. The highest BCUT2D eigenvalue weighted by Crippen LogP contribution is 2.18. The van der Waals surface area contributed by atoms with Gasteiger partial charge in [0.05, 0.1) is 0 Å². The summed E-state index contributed by atoms with van der Waals surface area (Å²) in [6.45, 7) is 8.42. The molecule has 0 saturated heterocycles. The summed E-state index contributed by atoms with van der Waals surface area (Å²) < 4.78 is 0. The largest absolute Gasteiger partial charge is 0.179 e. The van der Waals surface area contributed by atoms with Gasteiger partial charge in [-0.1, -0.05) is 32.4 Å². The third-order valence-electron chi connectivity index (χ3n) is 1.86. The maximum Gasteiger partial charge on any atom is -0.00323 e. The molecule has 60 valence electrons. The van der Waals surface area contributed by atoms with Gasteiger partial charge in [-0.05, 0) is 24.5 Å². The Bertz CT molecular complexity index is 92.9. The van der Waals surface area contributed by atoms with E-state index in [4.69, 9.17) is 0 Å². The summed E-state index contributed by atoms with van der Waals surface area (Å²) in [5.41, 5.74) is 1.38. The summed E-state index contributed by atoms with van der Waals surface area (Å²) in [6.07, 6.45) is 3.56. The molecule has 0 aromatic rings. The predicted molar refractivity (Wildman–Crippen MR) is 51.7 cm³/mol. The third kappa shape index (κ3) is 3.31. The van der Waals surface area contributed by atoms with Crippen LogP contribution < -0.4 is 0 Å². The van der Waals surface area contributed by atoms with Gasteiger partial charge < -0.3 is 0 Å². The van der Waals surface area contributed by atoms with Crippen molar-refractivity contribution in [3.63, 3.8) is 0 Å². The summed E-state index contributed by atoms with van der Waals surface area (Å²) in [5, 5.41) is 0. The zero-order valence-corrected chi connectivity index (χ0v) is 7.95. The van der Waals surface area contributed by atoms with Crippen LogP contribution in [0.25, 0.3) is 0 Å². The summed E-state index contributed by atoms with van der Waals surface area (Å²) in [6, 6.07) is 0.